The van der Waals surface area contributed by atoms with Gasteiger partial charge in [-0.2, -0.15) is 13.0 Å². The standard InChI is InChI=1S/C41H58N2O15S3/c1-5-42-35-16-14-31(60(49,50)51)29-33(35)41(3,19-21-56-24-25-58-27-26-57-23-22-55-4)37(42)11-9-12-38-40(2,18-10-28-59(46,47)48)34-30-32(61(52,53)54)15-17-36(34)43(38)20-8-6-7-13-39(44)45/h9,11-12,14-17,29-30H,5-8,10,13,18-28H2,1-4H3,(H3-,44,45,46,47,48,49,50,51,52,53,54)/p-1. The first kappa shape index (κ1) is 50.1. The fraction of sp³-hybridized carbons (Fsp3) is 0.561. The predicted molar refractivity (Wildman–Crippen MR) is 224 cm³/mol. The highest BCUT2D eigenvalue weighted by molar-refractivity contribution is 7.86. The lowest BCUT2D eigenvalue weighted by atomic mass is 9.75. The number of carbonyl (C=O) groups is 1. The Morgan fingerprint density at radius 1 is 0.787 bits per heavy atom. The number of likely N-dealkylation sites (N-methyl/N-ethyl adjacent to an activating group) is 1. The molecule has 2 atom stereocenters. The van der Waals surface area contributed by atoms with E-state index in [2.05, 4.69) is 0 Å². The molecule has 0 bridgehead atoms. The third-order valence-electron chi connectivity index (χ3n) is 11.1. The Kier molecular flexibility index (Phi) is 17.8. The average Bonchev–Trinajstić information content (AvgIpc) is 3.55. The van der Waals surface area contributed by atoms with E-state index >= 15 is 0 Å². The van der Waals surface area contributed by atoms with Crippen LogP contribution in [0.3, 0.4) is 0 Å². The summed E-state index contributed by atoms with van der Waals surface area (Å²) in [6, 6.07) is 8.34. The van der Waals surface area contributed by atoms with Crippen LogP contribution < -0.4 is 4.90 Å². The van der Waals surface area contributed by atoms with Gasteiger partial charge in [-0.15, -0.1) is 0 Å². The molecule has 2 aliphatic rings. The van der Waals surface area contributed by atoms with Crippen molar-refractivity contribution in [2.75, 3.05) is 77.1 Å². The molecule has 0 aliphatic carbocycles. The first-order chi connectivity index (χ1) is 28.7. The molecule has 2 aromatic rings. The van der Waals surface area contributed by atoms with Crippen LogP contribution >= 0.6 is 0 Å². The fourth-order valence-corrected chi connectivity index (χ4v) is 9.51. The minimum absolute atomic E-state index is 0.0108. The van der Waals surface area contributed by atoms with Crippen LogP contribution in [0.25, 0.3) is 0 Å². The van der Waals surface area contributed by atoms with Gasteiger partial charge in [0.2, 0.25) is 5.69 Å². The van der Waals surface area contributed by atoms with E-state index in [9.17, 15) is 43.7 Å². The van der Waals surface area contributed by atoms with E-state index in [1.165, 1.54) is 30.3 Å². The van der Waals surface area contributed by atoms with Gasteiger partial charge in [0.1, 0.15) is 26.8 Å². The average molecular weight is 914 g/mol. The maximum absolute atomic E-state index is 12.2. The molecule has 61 heavy (non-hydrogen) atoms. The van der Waals surface area contributed by atoms with E-state index < -0.39 is 57.8 Å². The molecular formula is C41H57N2O15S3-. The summed E-state index contributed by atoms with van der Waals surface area (Å²) in [7, 11) is -12.4. The van der Waals surface area contributed by atoms with Gasteiger partial charge in [-0.25, -0.2) is 16.8 Å². The van der Waals surface area contributed by atoms with Crippen LogP contribution in [0.1, 0.15) is 76.8 Å². The van der Waals surface area contributed by atoms with Gasteiger partial charge in [0.05, 0.1) is 60.6 Å². The number of carboxylic acid groups (broad SMARTS) is 1. The smallest absolute Gasteiger partial charge is 0.303 e. The minimum Gasteiger partial charge on any atom is -0.744 e. The molecule has 0 radical (unpaired) electrons. The molecule has 0 saturated heterocycles. The first-order valence-corrected chi connectivity index (χ1v) is 24.5. The normalized spacial score (nSPS) is 20.0. The molecule has 2 aromatic carbocycles. The highest BCUT2D eigenvalue weighted by Gasteiger charge is 2.48. The highest BCUT2D eigenvalue weighted by atomic mass is 32.2. The van der Waals surface area contributed by atoms with Gasteiger partial charge in [0.25, 0.3) is 10.1 Å². The Hall–Kier alpha value is -3.57. The maximum Gasteiger partial charge on any atom is 0.303 e. The molecule has 0 amide bonds. The van der Waals surface area contributed by atoms with Crippen LogP contribution in [-0.2, 0) is 64.9 Å². The molecule has 0 aromatic heterocycles. The number of fused-ring (bicyclic) bond motifs is 2. The van der Waals surface area contributed by atoms with Gasteiger partial charge in [-0.3, -0.25) is 9.35 Å². The Balaban J connectivity index is 1.75. The monoisotopic (exact) mass is 913 g/mol. The number of allylic oxidation sites excluding steroid dienone is 4. The molecule has 17 nitrogen and oxygen atoms in total. The number of methoxy groups -OCH3 is 1. The lowest BCUT2D eigenvalue weighted by Crippen LogP contribution is -2.32. The zero-order chi connectivity index (χ0) is 45.1. The molecule has 0 saturated carbocycles. The number of ether oxygens (including phenoxy) is 4. The number of carboxylic acids is 1. The first-order valence-electron chi connectivity index (χ1n) is 20.1. The van der Waals surface area contributed by atoms with Gasteiger partial charge in [0.15, 0.2) is 5.71 Å². The van der Waals surface area contributed by atoms with Crippen LogP contribution in [0.5, 0.6) is 0 Å². The van der Waals surface area contributed by atoms with Crippen LogP contribution in [0, 0.1) is 0 Å². The summed E-state index contributed by atoms with van der Waals surface area (Å²) in [5, 5.41) is 9.16. The summed E-state index contributed by atoms with van der Waals surface area (Å²) < 4.78 is 130. The van der Waals surface area contributed by atoms with E-state index in [1.807, 2.05) is 42.4 Å². The van der Waals surface area contributed by atoms with Crippen LogP contribution in [0.4, 0.5) is 11.4 Å². The predicted octanol–water partition coefficient (Wildman–Crippen LogP) is 4.49. The lowest BCUT2D eigenvalue weighted by molar-refractivity contribution is -0.438. The highest BCUT2D eigenvalue weighted by Crippen LogP contribution is 2.51. The summed E-state index contributed by atoms with van der Waals surface area (Å²) in [4.78, 5) is 12.4. The quantitative estimate of drug-likeness (QED) is 0.0712. The number of nitrogens with zero attached hydrogens (tertiary/aromatic N) is 2. The number of hydrogen-bond donors (Lipinski definition) is 2. The summed E-state index contributed by atoms with van der Waals surface area (Å²) in [5.41, 5.74) is 1.86. The number of benzene rings is 2. The molecule has 0 spiro atoms. The second kappa shape index (κ2) is 21.7. The van der Waals surface area contributed by atoms with Gasteiger partial charge in [0, 0.05) is 67.6 Å². The van der Waals surface area contributed by atoms with Crippen LogP contribution in [0.2, 0.25) is 0 Å². The van der Waals surface area contributed by atoms with Crippen molar-refractivity contribution in [2.24, 2.45) is 0 Å². The van der Waals surface area contributed by atoms with E-state index in [-0.39, 0.29) is 37.4 Å². The molecule has 20 heteroatoms. The topological polar surface area (TPSA) is 249 Å². The molecule has 2 N–H and O–H groups in total. The third-order valence-corrected chi connectivity index (χ3v) is 13.6. The summed E-state index contributed by atoms with van der Waals surface area (Å²) in [5.74, 6) is -1.48. The van der Waals surface area contributed by atoms with Gasteiger partial charge < -0.3 is 38.1 Å². The third kappa shape index (κ3) is 13.2. The molecule has 2 aliphatic heterocycles. The van der Waals surface area contributed by atoms with E-state index in [0.717, 1.165) is 5.70 Å². The molecule has 0 fully saturated rings. The largest absolute Gasteiger partial charge is 0.744 e. The molecule has 2 unspecified atom stereocenters. The number of hydrogen-bond acceptors (Lipinski definition) is 14. The number of unbranched alkanes of at least 4 members (excludes halogenated alkanes) is 2. The Bertz CT molecular complexity index is 2290. The number of anilines is 1. The van der Waals surface area contributed by atoms with E-state index in [1.54, 1.807) is 19.3 Å². The van der Waals surface area contributed by atoms with E-state index in [0.29, 0.717) is 100 Å². The van der Waals surface area contributed by atoms with Crippen LogP contribution in [-0.4, -0.2) is 132 Å². The zero-order valence-corrected chi connectivity index (χ0v) is 37.5. The van der Waals surface area contributed by atoms with Crippen molar-refractivity contribution < 1.29 is 72.3 Å². The fourth-order valence-electron chi connectivity index (χ4n) is 8.00. The SMILES string of the molecule is CCN1/C(=C/C=C/C2=[N+](CCCCCC(=O)O)c3ccc(S(=O)(=O)[O-])cc3C2(C)CCCS(=O)(=O)O)C(C)(CCOCCOCCOCCOC)c2cc(S(=O)(=O)[O-])ccc21. The van der Waals surface area contributed by atoms with Crippen molar-refractivity contribution >= 4 is 53.4 Å². The molecule has 2 heterocycles. The Labute approximate surface area is 359 Å². The van der Waals surface area contributed by atoms with Crippen molar-refractivity contribution in [3.63, 3.8) is 0 Å². The summed E-state index contributed by atoms with van der Waals surface area (Å²) >= 11 is 0. The number of rotatable bonds is 27. The minimum atomic E-state index is -4.88. The second-order valence-electron chi connectivity index (χ2n) is 15.3. The molecule has 4 rings (SSSR count). The second-order valence-corrected chi connectivity index (χ2v) is 19.6. The van der Waals surface area contributed by atoms with Crippen molar-refractivity contribution in [1.29, 1.82) is 0 Å². The van der Waals surface area contributed by atoms with Crippen molar-refractivity contribution in [3.05, 3.63) is 71.5 Å². The van der Waals surface area contributed by atoms with Crippen molar-refractivity contribution in [1.82, 2.24) is 0 Å². The summed E-state index contributed by atoms with van der Waals surface area (Å²) in [6.45, 7) is 9.08. The zero-order valence-electron chi connectivity index (χ0n) is 35.0. The Morgan fingerprint density at radius 3 is 1.95 bits per heavy atom. The van der Waals surface area contributed by atoms with Gasteiger partial charge in [-0.1, -0.05) is 6.08 Å². The van der Waals surface area contributed by atoms with Crippen molar-refractivity contribution in [3.8, 4) is 0 Å². The number of aliphatic carboxylic acids is 1. The van der Waals surface area contributed by atoms with Crippen molar-refractivity contribution in [2.45, 2.75) is 86.3 Å². The summed E-state index contributed by atoms with van der Waals surface area (Å²) in [6.07, 6.45) is 7.50. The maximum atomic E-state index is 12.2. The van der Waals surface area contributed by atoms with Crippen LogP contribution in [0.15, 0.2) is 70.1 Å². The van der Waals surface area contributed by atoms with Gasteiger partial charge >= 0.3 is 5.97 Å². The Morgan fingerprint density at radius 2 is 1.38 bits per heavy atom. The molecule has 340 valence electrons. The van der Waals surface area contributed by atoms with Gasteiger partial charge in [-0.05, 0) is 94.8 Å². The molecular weight excluding hydrogens is 857 g/mol. The lowest BCUT2D eigenvalue weighted by Gasteiger charge is -2.30. The van der Waals surface area contributed by atoms with E-state index in [4.69, 9.17) is 24.1 Å².